The molecular formula is C19H15BrN2O2S2. The van der Waals surface area contributed by atoms with E-state index < -0.39 is 0 Å². The highest BCUT2D eigenvalue weighted by atomic mass is 79.9. The highest BCUT2D eigenvalue weighted by Gasteiger charge is 2.32. The summed E-state index contributed by atoms with van der Waals surface area (Å²) in [4.78, 5) is 26.8. The molecule has 0 atom stereocenters. The summed E-state index contributed by atoms with van der Waals surface area (Å²) >= 11 is 9.96. The molecule has 4 nitrogen and oxygen atoms in total. The van der Waals surface area contributed by atoms with Crippen LogP contribution in [0.1, 0.15) is 12.0 Å². The molecule has 0 saturated carbocycles. The van der Waals surface area contributed by atoms with Crippen LogP contribution in [0.5, 0.6) is 0 Å². The van der Waals surface area contributed by atoms with Gasteiger partial charge >= 0.3 is 0 Å². The summed E-state index contributed by atoms with van der Waals surface area (Å²) in [6, 6.07) is 17.0. The van der Waals surface area contributed by atoms with Crippen LogP contribution >= 0.6 is 39.9 Å². The van der Waals surface area contributed by atoms with Gasteiger partial charge in [-0.25, -0.2) is 0 Å². The van der Waals surface area contributed by atoms with Gasteiger partial charge in [-0.2, -0.15) is 0 Å². The number of anilines is 1. The van der Waals surface area contributed by atoms with Crippen molar-refractivity contribution in [2.45, 2.75) is 6.42 Å². The predicted octanol–water partition coefficient (Wildman–Crippen LogP) is 4.68. The molecule has 0 bridgehead atoms. The van der Waals surface area contributed by atoms with Gasteiger partial charge in [0.1, 0.15) is 4.32 Å². The van der Waals surface area contributed by atoms with Gasteiger partial charge in [0.2, 0.25) is 5.91 Å². The number of nitrogens with zero attached hydrogens (tertiary/aromatic N) is 1. The number of rotatable bonds is 5. The maximum absolute atomic E-state index is 12.6. The number of hydrogen-bond donors (Lipinski definition) is 1. The van der Waals surface area contributed by atoms with Crippen molar-refractivity contribution >= 4 is 67.8 Å². The van der Waals surface area contributed by atoms with Crippen molar-refractivity contribution in [3.05, 3.63) is 69.5 Å². The van der Waals surface area contributed by atoms with Gasteiger partial charge in [0, 0.05) is 17.4 Å². The van der Waals surface area contributed by atoms with E-state index in [4.69, 9.17) is 12.2 Å². The van der Waals surface area contributed by atoms with Gasteiger partial charge in [0.15, 0.2) is 0 Å². The van der Waals surface area contributed by atoms with E-state index in [1.54, 1.807) is 0 Å². The summed E-state index contributed by atoms with van der Waals surface area (Å²) in [5.74, 6) is -0.324. The van der Waals surface area contributed by atoms with Crippen molar-refractivity contribution in [2.24, 2.45) is 0 Å². The second-order valence-electron chi connectivity index (χ2n) is 5.52. The number of carbonyl (C=O) groups is 2. The summed E-state index contributed by atoms with van der Waals surface area (Å²) in [7, 11) is 0. The summed E-state index contributed by atoms with van der Waals surface area (Å²) in [6.07, 6.45) is 1.99. The molecule has 7 heteroatoms. The molecule has 2 amide bonds. The number of thiocarbonyl (C=S) groups is 1. The van der Waals surface area contributed by atoms with Gasteiger partial charge in [0.05, 0.1) is 10.6 Å². The summed E-state index contributed by atoms with van der Waals surface area (Å²) < 4.78 is 1.29. The minimum atomic E-state index is -0.169. The van der Waals surface area contributed by atoms with Crippen LogP contribution in [0.4, 0.5) is 5.69 Å². The van der Waals surface area contributed by atoms with Crippen molar-refractivity contribution in [3.8, 4) is 0 Å². The standard InChI is InChI=1S/C19H15BrN2O2S2/c20-14-8-4-5-9-15(14)21-17(23)10-11-22-18(24)16(26-19(22)25)12-13-6-2-1-3-7-13/h1-9,12H,10-11H2,(H,21,23)/b16-12-. The fourth-order valence-electron chi connectivity index (χ4n) is 2.38. The number of thioether (sulfide) groups is 1. The van der Waals surface area contributed by atoms with Gasteiger partial charge in [0.25, 0.3) is 5.91 Å². The van der Waals surface area contributed by atoms with E-state index in [2.05, 4.69) is 21.2 Å². The number of benzene rings is 2. The molecule has 1 saturated heterocycles. The molecule has 1 aliphatic heterocycles. The molecule has 2 aromatic rings. The molecule has 3 rings (SSSR count). The summed E-state index contributed by atoms with van der Waals surface area (Å²) in [5.41, 5.74) is 1.64. The van der Waals surface area contributed by atoms with E-state index in [0.29, 0.717) is 14.9 Å². The molecule has 1 aliphatic rings. The zero-order chi connectivity index (χ0) is 18.5. The normalized spacial score (nSPS) is 15.6. The molecule has 0 aromatic heterocycles. The van der Waals surface area contributed by atoms with Crippen LogP contribution < -0.4 is 5.32 Å². The predicted molar refractivity (Wildman–Crippen MR) is 114 cm³/mol. The Hall–Kier alpha value is -1.96. The monoisotopic (exact) mass is 446 g/mol. The smallest absolute Gasteiger partial charge is 0.266 e. The molecule has 2 aromatic carbocycles. The Morgan fingerprint density at radius 1 is 1.15 bits per heavy atom. The van der Waals surface area contributed by atoms with Crippen LogP contribution in [-0.2, 0) is 9.59 Å². The van der Waals surface area contributed by atoms with Crippen molar-refractivity contribution < 1.29 is 9.59 Å². The minimum Gasteiger partial charge on any atom is -0.325 e. The largest absolute Gasteiger partial charge is 0.325 e. The third-order valence-corrected chi connectivity index (χ3v) is 5.75. The molecular weight excluding hydrogens is 432 g/mol. The molecule has 1 heterocycles. The lowest BCUT2D eigenvalue weighted by atomic mass is 10.2. The Kier molecular flexibility index (Phi) is 6.24. The van der Waals surface area contributed by atoms with Crippen molar-refractivity contribution in [1.29, 1.82) is 0 Å². The SMILES string of the molecule is O=C(CCN1C(=O)/C(=C/c2ccccc2)SC1=S)Nc1ccccc1Br. The fraction of sp³-hybridized carbons (Fsp3) is 0.105. The highest BCUT2D eigenvalue weighted by Crippen LogP contribution is 2.32. The van der Waals surface area contributed by atoms with Crippen molar-refractivity contribution in [3.63, 3.8) is 0 Å². The molecule has 1 fully saturated rings. The van der Waals surface area contributed by atoms with Crippen LogP contribution in [-0.4, -0.2) is 27.6 Å². The topological polar surface area (TPSA) is 49.4 Å². The second-order valence-corrected chi connectivity index (χ2v) is 8.05. The van der Waals surface area contributed by atoms with Crippen molar-refractivity contribution in [2.75, 3.05) is 11.9 Å². The van der Waals surface area contributed by atoms with Gasteiger partial charge in [-0.1, -0.05) is 66.4 Å². The third kappa shape index (κ3) is 4.60. The fourth-order valence-corrected chi connectivity index (χ4v) is 4.07. The van der Waals surface area contributed by atoms with Gasteiger partial charge < -0.3 is 5.32 Å². The lowest BCUT2D eigenvalue weighted by Crippen LogP contribution is -2.31. The first-order valence-electron chi connectivity index (χ1n) is 7.89. The molecule has 0 radical (unpaired) electrons. The van der Waals surface area contributed by atoms with Crippen LogP contribution in [0.25, 0.3) is 6.08 Å². The van der Waals surface area contributed by atoms with Gasteiger partial charge in [-0.05, 0) is 39.7 Å². The Balaban J connectivity index is 1.61. The average Bonchev–Trinajstić information content (AvgIpc) is 2.89. The average molecular weight is 447 g/mol. The Morgan fingerprint density at radius 3 is 2.58 bits per heavy atom. The Labute approximate surface area is 169 Å². The van der Waals surface area contributed by atoms with Gasteiger partial charge in [-0.3, -0.25) is 14.5 Å². The van der Waals surface area contributed by atoms with E-state index in [0.717, 1.165) is 10.0 Å². The quantitative estimate of drug-likeness (QED) is 0.534. The lowest BCUT2D eigenvalue weighted by molar-refractivity contribution is -0.122. The van der Waals surface area contributed by atoms with Crippen LogP contribution in [0.2, 0.25) is 0 Å². The first-order chi connectivity index (χ1) is 12.5. The molecule has 0 aliphatic carbocycles. The van der Waals surface area contributed by atoms with Gasteiger partial charge in [-0.15, -0.1) is 0 Å². The Bertz CT molecular complexity index is 884. The maximum atomic E-state index is 12.6. The summed E-state index contributed by atoms with van der Waals surface area (Å²) in [6.45, 7) is 0.257. The lowest BCUT2D eigenvalue weighted by Gasteiger charge is -2.14. The second kappa shape index (κ2) is 8.62. The number of hydrogen-bond acceptors (Lipinski definition) is 4. The number of amides is 2. The van der Waals surface area contributed by atoms with E-state index in [-0.39, 0.29) is 24.8 Å². The molecule has 132 valence electrons. The highest BCUT2D eigenvalue weighted by molar-refractivity contribution is 9.10. The first-order valence-corrected chi connectivity index (χ1v) is 9.91. The number of nitrogens with one attached hydrogen (secondary N) is 1. The van der Waals surface area contributed by atoms with E-state index in [9.17, 15) is 9.59 Å². The first kappa shape index (κ1) is 18.8. The van der Waals surface area contributed by atoms with Crippen LogP contribution in [0.15, 0.2) is 64.0 Å². The third-order valence-electron chi connectivity index (χ3n) is 3.68. The summed E-state index contributed by atoms with van der Waals surface area (Å²) in [5, 5.41) is 2.83. The zero-order valence-corrected chi connectivity index (χ0v) is 16.9. The number of para-hydroxylation sites is 1. The van der Waals surface area contributed by atoms with Crippen LogP contribution in [0, 0.1) is 0 Å². The molecule has 26 heavy (non-hydrogen) atoms. The Morgan fingerprint density at radius 2 is 1.85 bits per heavy atom. The molecule has 1 N–H and O–H groups in total. The zero-order valence-electron chi connectivity index (χ0n) is 13.6. The van der Waals surface area contributed by atoms with E-state index >= 15 is 0 Å². The van der Waals surface area contributed by atoms with Crippen molar-refractivity contribution in [1.82, 2.24) is 4.90 Å². The number of halogens is 1. The van der Waals surface area contributed by atoms with Crippen LogP contribution in [0.3, 0.4) is 0 Å². The maximum Gasteiger partial charge on any atom is 0.266 e. The van der Waals surface area contributed by atoms with E-state index in [1.165, 1.54) is 16.7 Å². The number of carbonyl (C=O) groups excluding carboxylic acids is 2. The van der Waals surface area contributed by atoms with E-state index in [1.807, 2.05) is 60.7 Å². The minimum absolute atomic E-state index is 0.155. The molecule has 0 unspecified atom stereocenters. The molecule has 0 spiro atoms.